The van der Waals surface area contributed by atoms with Gasteiger partial charge in [-0.3, -0.25) is 0 Å². The lowest BCUT2D eigenvalue weighted by atomic mass is 10.4. The van der Waals surface area contributed by atoms with Crippen molar-refractivity contribution in [1.29, 1.82) is 0 Å². The summed E-state index contributed by atoms with van der Waals surface area (Å²) in [5, 5.41) is 4.95. The Kier molecular flexibility index (Phi) is 4.74. The van der Waals surface area contributed by atoms with Crippen LogP contribution >= 0.6 is 11.3 Å². The zero-order chi connectivity index (χ0) is 14.6. The summed E-state index contributed by atoms with van der Waals surface area (Å²) in [6.07, 6.45) is 1.50. The van der Waals surface area contributed by atoms with Crippen molar-refractivity contribution < 1.29 is 8.42 Å². The maximum atomic E-state index is 12.5. The standard InChI is InChI=1S/C13H17N3O2S2/c1-3-14-13-9-12(6-7-15-13)20(17,18)16(2)10-11-5-4-8-19-11/h4-9H,3,10H2,1-2H3,(H,14,15). The molecular formula is C13H17N3O2S2. The van der Waals surface area contributed by atoms with Gasteiger partial charge >= 0.3 is 0 Å². The van der Waals surface area contributed by atoms with Crippen molar-refractivity contribution in [3.05, 3.63) is 40.7 Å². The molecule has 0 fully saturated rings. The summed E-state index contributed by atoms with van der Waals surface area (Å²) in [5.41, 5.74) is 0. The van der Waals surface area contributed by atoms with Crippen molar-refractivity contribution in [2.24, 2.45) is 0 Å². The van der Waals surface area contributed by atoms with E-state index in [9.17, 15) is 8.42 Å². The van der Waals surface area contributed by atoms with Crippen LogP contribution in [0.1, 0.15) is 11.8 Å². The Balaban J connectivity index is 2.22. The third-order valence-corrected chi connectivity index (χ3v) is 5.42. The Hall–Kier alpha value is -1.44. The van der Waals surface area contributed by atoms with Crippen molar-refractivity contribution >= 4 is 27.2 Å². The summed E-state index contributed by atoms with van der Waals surface area (Å²) in [6, 6.07) is 6.91. The van der Waals surface area contributed by atoms with E-state index in [2.05, 4.69) is 10.3 Å². The molecule has 5 nitrogen and oxygen atoms in total. The molecule has 108 valence electrons. The van der Waals surface area contributed by atoms with Crippen LogP contribution in [0.5, 0.6) is 0 Å². The maximum Gasteiger partial charge on any atom is 0.243 e. The Bertz CT molecular complexity index is 654. The SMILES string of the molecule is CCNc1cc(S(=O)(=O)N(C)Cc2cccs2)ccn1. The lowest BCUT2D eigenvalue weighted by Gasteiger charge is -2.16. The number of nitrogens with one attached hydrogen (secondary N) is 1. The van der Waals surface area contributed by atoms with Gasteiger partial charge in [-0.1, -0.05) is 6.07 Å². The Labute approximate surface area is 123 Å². The quantitative estimate of drug-likeness (QED) is 0.890. The fourth-order valence-corrected chi connectivity index (χ4v) is 3.74. The van der Waals surface area contributed by atoms with Gasteiger partial charge in [0.25, 0.3) is 0 Å². The van der Waals surface area contributed by atoms with Crippen molar-refractivity contribution in [2.75, 3.05) is 18.9 Å². The lowest BCUT2D eigenvalue weighted by molar-refractivity contribution is 0.469. The van der Waals surface area contributed by atoms with E-state index in [1.807, 2.05) is 24.4 Å². The molecule has 1 N–H and O–H groups in total. The van der Waals surface area contributed by atoms with Gasteiger partial charge < -0.3 is 5.32 Å². The number of rotatable bonds is 6. The van der Waals surface area contributed by atoms with Gasteiger partial charge in [0.15, 0.2) is 0 Å². The first-order chi connectivity index (χ1) is 9.54. The van der Waals surface area contributed by atoms with Crippen LogP contribution in [0, 0.1) is 0 Å². The molecule has 0 unspecified atom stereocenters. The molecule has 2 rings (SSSR count). The molecule has 20 heavy (non-hydrogen) atoms. The van der Waals surface area contributed by atoms with E-state index in [-0.39, 0.29) is 4.90 Å². The predicted molar refractivity (Wildman–Crippen MR) is 81.4 cm³/mol. The van der Waals surface area contributed by atoms with Crippen LogP contribution in [0.25, 0.3) is 0 Å². The summed E-state index contributed by atoms with van der Waals surface area (Å²) in [5.74, 6) is 0.568. The molecule has 7 heteroatoms. The first-order valence-corrected chi connectivity index (χ1v) is 8.54. The highest BCUT2D eigenvalue weighted by atomic mass is 32.2. The number of nitrogens with zero attached hydrogens (tertiary/aromatic N) is 2. The highest BCUT2D eigenvalue weighted by Gasteiger charge is 2.21. The molecular weight excluding hydrogens is 294 g/mol. The van der Waals surface area contributed by atoms with Crippen molar-refractivity contribution in [3.8, 4) is 0 Å². The summed E-state index contributed by atoms with van der Waals surface area (Å²) in [7, 11) is -1.91. The summed E-state index contributed by atoms with van der Waals surface area (Å²) in [6.45, 7) is 3.01. The molecule has 0 spiro atoms. The van der Waals surface area contributed by atoms with Gasteiger partial charge in [0.05, 0.1) is 4.90 Å². The molecule has 0 atom stereocenters. The van der Waals surface area contributed by atoms with E-state index in [4.69, 9.17) is 0 Å². The van der Waals surface area contributed by atoms with Crippen LogP contribution in [-0.4, -0.2) is 31.3 Å². The van der Waals surface area contributed by atoms with E-state index < -0.39 is 10.0 Å². The molecule has 2 aromatic heterocycles. The van der Waals surface area contributed by atoms with Crippen LogP contribution in [0.2, 0.25) is 0 Å². The topological polar surface area (TPSA) is 62.3 Å². The van der Waals surface area contributed by atoms with Crippen molar-refractivity contribution in [1.82, 2.24) is 9.29 Å². The number of hydrogen-bond acceptors (Lipinski definition) is 5. The van der Waals surface area contributed by atoms with Crippen LogP contribution in [0.3, 0.4) is 0 Å². The average Bonchev–Trinajstić information content (AvgIpc) is 2.92. The van der Waals surface area contributed by atoms with Gasteiger partial charge in [0, 0.05) is 37.3 Å². The molecule has 0 aliphatic heterocycles. The number of pyridine rings is 1. The Morgan fingerprint density at radius 3 is 2.85 bits per heavy atom. The molecule has 0 radical (unpaired) electrons. The average molecular weight is 311 g/mol. The predicted octanol–water partition coefficient (Wildman–Crippen LogP) is 2.40. The molecule has 0 aliphatic carbocycles. The highest BCUT2D eigenvalue weighted by molar-refractivity contribution is 7.89. The van der Waals surface area contributed by atoms with Gasteiger partial charge in [0.2, 0.25) is 10.0 Å². The van der Waals surface area contributed by atoms with Gasteiger partial charge in [-0.15, -0.1) is 11.3 Å². The Morgan fingerprint density at radius 1 is 1.40 bits per heavy atom. The van der Waals surface area contributed by atoms with Crippen molar-refractivity contribution in [3.63, 3.8) is 0 Å². The van der Waals surface area contributed by atoms with E-state index in [1.165, 1.54) is 16.6 Å². The van der Waals surface area contributed by atoms with Gasteiger partial charge in [0.1, 0.15) is 5.82 Å². The number of hydrogen-bond donors (Lipinski definition) is 1. The number of sulfonamides is 1. The first-order valence-electron chi connectivity index (χ1n) is 6.22. The summed E-state index contributed by atoms with van der Waals surface area (Å²) < 4.78 is 26.3. The molecule has 2 aromatic rings. The smallest absolute Gasteiger partial charge is 0.243 e. The molecule has 0 saturated heterocycles. The van der Waals surface area contributed by atoms with Gasteiger partial charge in [-0.25, -0.2) is 13.4 Å². The Morgan fingerprint density at radius 2 is 2.20 bits per heavy atom. The van der Waals surface area contributed by atoms with Gasteiger partial charge in [-0.05, 0) is 24.4 Å². The van der Waals surface area contributed by atoms with E-state index in [0.717, 1.165) is 4.88 Å². The minimum absolute atomic E-state index is 0.252. The van der Waals surface area contributed by atoms with Gasteiger partial charge in [-0.2, -0.15) is 4.31 Å². The molecule has 2 heterocycles. The molecule has 0 saturated carbocycles. The molecule has 0 aromatic carbocycles. The molecule has 0 bridgehead atoms. The number of aromatic nitrogens is 1. The number of thiophene rings is 1. The minimum atomic E-state index is -3.50. The van der Waals surface area contributed by atoms with Crippen LogP contribution in [0.4, 0.5) is 5.82 Å². The highest BCUT2D eigenvalue weighted by Crippen LogP contribution is 2.20. The van der Waals surface area contributed by atoms with E-state index >= 15 is 0 Å². The fourth-order valence-electron chi connectivity index (χ4n) is 1.74. The van der Waals surface area contributed by atoms with Crippen LogP contribution in [-0.2, 0) is 16.6 Å². The number of anilines is 1. The summed E-state index contributed by atoms with van der Waals surface area (Å²) >= 11 is 1.54. The molecule has 0 amide bonds. The molecule has 0 aliphatic rings. The van der Waals surface area contributed by atoms with Crippen molar-refractivity contribution in [2.45, 2.75) is 18.4 Å². The zero-order valence-electron chi connectivity index (χ0n) is 11.4. The lowest BCUT2D eigenvalue weighted by Crippen LogP contribution is -2.26. The second-order valence-corrected chi connectivity index (χ2v) is 7.32. The second kappa shape index (κ2) is 6.34. The maximum absolute atomic E-state index is 12.5. The van der Waals surface area contributed by atoms with Crippen LogP contribution < -0.4 is 5.32 Å². The first kappa shape index (κ1) is 15.0. The fraction of sp³-hybridized carbons (Fsp3) is 0.308. The zero-order valence-corrected chi connectivity index (χ0v) is 13.0. The summed E-state index contributed by atoms with van der Waals surface area (Å²) in [4.78, 5) is 5.35. The monoisotopic (exact) mass is 311 g/mol. The second-order valence-electron chi connectivity index (χ2n) is 4.25. The van der Waals surface area contributed by atoms with E-state index in [1.54, 1.807) is 24.5 Å². The minimum Gasteiger partial charge on any atom is -0.370 e. The largest absolute Gasteiger partial charge is 0.370 e. The normalized spacial score (nSPS) is 11.8. The third-order valence-electron chi connectivity index (χ3n) is 2.76. The van der Waals surface area contributed by atoms with E-state index in [0.29, 0.717) is 18.9 Å². The third kappa shape index (κ3) is 3.36. The van der Waals surface area contributed by atoms with Crippen LogP contribution in [0.15, 0.2) is 40.7 Å².